The van der Waals surface area contributed by atoms with Crippen LogP contribution in [0.2, 0.25) is 0 Å². The fourth-order valence-electron chi connectivity index (χ4n) is 1.15. The number of nitrogens with zero attached hydrogens (tertiary/aromatic N) is 3. The molecule has 0 unspecified atom stereocenters. The highest BCUT2D eigenvalue weighted by Crippen LogP contribution is 2.02. The van der Waals surface area contributed by atoms with Gasteiger partial charge in [-0.05, 0) is 19.1 Å². The average Bonchev–Trinajstić information content (AvgIpc) is 2.76. The summed E-state index contributed by atoms with van der Waals surface area (Å²) in [6.07, 6.45) is 5.71. The van der Waals surface area contributed by atoms with Crippen molar-refractivity contribution in [1.82, 2.24) is 15.4 Å². The van der Waals surface area contributed by atoms with Gasteiger partial charge in [0.15, 0.2) is 0 Å². The summed E-state index contributed by atoms with van der Waals surface area (Å²) in [6, 6.07) is 3.57. The Morgan fingerprint density at radius 1 is 1.47 bits per heavy atom. The van der Waals surface area contributed by atoms with Crippen molar-refractivity contribution in [2.45, 2.75) is 6.92 Å². The number of hydrazone groups is 1. The predicted octanol–water partition coefficient (Wildman–Crippen LogP) is 1.14. The molecule has 0 atom stereocenters. The molecule has 0 saturated carbocycles. The van der Waals surface area contributed by atoms with E-state index in [0.29, 0.717) is 5.76 Å². The fourth-order valence-corrected chi connectivity index (χ4v) is 1.15. The number of hydrogen-bond acceptors (Lipinski definition) is 5. The van der Waals surface area contributed by atoms with Gasteiger partial charge in [-0.3, -0.25) is 9.78 Å². The zero-order chi connectivity index (χ0) is 12.1. The van der Waals surface area contributed by atoms with Crippen LogP contribution in [0.15, 0.2) is 40.2 Å². The van der Waals surface area contributed by atoms with E-state index in [1.165, 1.54) is 24.8 Å². The first kappa shape index (κ1) is 11.0. The lowest BCUT2D eigenvalue weighted by Gasteiger charge is -1.96. The van der Waals surface area contributed by atoms with Gasteiger partial charge in [-0.25, -0.2) is 10.4 Å². The molecule has 0 aromatic carbocycles. The van der Waals surface area contributed by atoms with Crippen molar-refractivity contribution in [3.8, 4) is 0 Å². The molecule has 0 aliphatic rings. The molecule has 0 spiro atoms. The first-order valence-corrected chi connectivity index (χ1v) is 4.91. The number of rotatable bonds is 3. The molecule has 0 aliphatic carbocycles. The Hall–Kier alpha value is -2.50. The smallest absolute Gasteiger partial charge is 0.291 e. The predicted molar refractivity (Wildman–Crippen MR) is 60.5 cm³/mol. The average molecular weight is 230 g/mol. The molecule has 2 rings (SSSR count). The van der Waals surface area contributed by atoms with Crippen LogP contribution in [0, 0.1) is 6.92 Å². The third kappa shape index (κ3) is 2.97. The van der Waals surface area contributed by atoms with E-state index in [-0.39, 0.29) is 5.69 Å². The van der Waals surface area contributed by atoms with Gasteiger partial charge in [0, 0.05) is 12.4 Å². The lowest BCUT2D eigenvalue weighted by atomic mass is 10.4. The summed E-state index contributed by atoms with van der Waals surface area (Å²) in [5.74, 6) is 0.936. The first-order valence-electron chi connectivity index (χ1n) is 4.91. The van der Waals surface area contributed by atoms with Gasteiger partial charge < -0.3 is 4.42 Å². The Labute approximate surface area is 97.4 Å². The van der Waals surface area contributed by atoms with Crippen LogP contribution >= 0.6 is 0 Å². The molecule has 17 heavy (non-hydrogen) atoms. The van der Waals surface area contributed by atoms with Crippen LogP contribution in [-0.4, -0.2) is 22.1 Å². The van der Waals surface area contributed by atoms with E-state index in [1.807, 2.05) is 13.0 Å². The van der Waals surface area contributed by atoms with E-state index in [9.17, 15) is 4.79 Å². The number of carbonyl (C=O) groups excluding carboxylic acids is 1. The van der Waals surface area contributed by atoms with Gasteiger partial charge >= 0.3 is 0 Å². The van der Waals surface area contributed by atoms with Crippen molar-refractivity contribution in [3.05, 3.63) is 47.9 Å². The van der Waals surface area contributed by atoms with Crippen LogP contribution in [0.25, 0.3) is 0 Å². The van der Waals surface area contributed by atoms with Crippen LogP contribution in [0.3, 0.4) is 0 Å². The van der Waals surface area contributed by atoms with Crippen LogP contribution < -0.4 is 5.43 Å². The Morgan fingerprint density at radius 3 is 3.00 bits per heavy atom. The van der Waals surface area contributed by atoms with Crippen molar-refractivity contribution < 1.29 is 9.21 Å². The minimum absolute atomic E-state index is 0.209. The fraction of sp³-hybridized carbons (Fsp3) is 0.0909. The van der Waals surface area contributed by atoms with Crippen LogP contribution in [0.5, 0.6) is 0 Å². The summed E-state index contributed by atoms with van der Waals surface area (Å²) in [5.41, 5.74) is 2.53. The zero-order valence-electron chi connectivity index (χ0n) is 9.12. The monoisotopic (exact) mass is 230 g/mol. The van der Waals surface area contributed by atoms with Crippen molar-refractivity contribution in [2.24, 2.45) is 5.10 Å². The van der Waals surface area contributed by atoms with E-state index >= 15 is 0 Å². The molecule has 1 N–H and O–H groups in total. The number of amides is 1. The first-order chi connectivity index (χ1) is 8.25. The quantitative estimate of drug-likeness (QED) is 0.633. The second kappa shape index (κ2) is 5.02. The molecule has 86 valence electrons. The number of furan rings is 1. The molecular weight excluding hydrogens is 220 g/mol. The second-order valence-electron chi connectivity index (χ2n) is 3.24. The maximum absolute atomic E-state index is 11.5. The number of aryl methyl sites for hydroxylation is 1. The maximum Gasteiger partial charge on any atom is 0.291 e. The molecule has 6 heteroatoms. The van der Waals surface area contributed by atoms with Gasteiger partial charge in [-0.2, -0.15) is 5.10 Å². The molecule has 0 fully saturated rings. The van der Waals surface area contributed by atoms with Gasteiger partial charge in [-0.15, -0.1) is 0 Å². The van der Waals surface area contributed by atoms with E-state index in [0.717, 1.165) is 5.76 Å². The molecule has 0 bridgehead atoms. The van der Waals surface area contributed by atoms with Crippen LogP contribution in [0.4, 0.5) is 0 Å². The summed E-state index contributed by atoms with van der Waals surface area (Å²) >= 11 is 0. The summed E-state index contributed by atoms with van der Waals surface area (Å²) in [6.45, 7) is 1.83. The van der Waals surface area contributed by atoms with Gasteiger partial charge in [-0.1, -0.05) is 0 Å². The van der Waals surface area contributed by atoms with Gasteiger partial charge in [0.1, 0.15) is 17.2 Å². The lowest BCUT2D eigenvalue weighted by molar-refractivity contribution is 0.0949. The topological polar surface area (TPSA) is 80.4 Å². The van der Waals surface area contributed by atoms with E-state index < -0.39 is 5.91 Å². The molecule has 2 aromatic rings. The van der Waals surface area contributed by atoms with Gasteiger partial charge in [0.05, 0.1) is 12.4 Å². The van der Waals surface area contributed by atoms with Crippen molar-refractivity contribution >= 4 is 12.1 Å². The number of hydrogen-bond donors (Lipinski definition) is 1. The standard InChI is InChI=1S/C11H10N4O2/c1-8-2-3-9(17-8)6-14-15-11(16)10-7-12-4-5-13-10/h2-7H,1H3,(H,15,16). The zero-order valence-corrected chi connectivity index (χ0v) is 9.12. The summed E-state index contributed by atoms with van der Waals surface area (Å²) in [7, 11) is 0. The molecule has 0 aliphatic heterocycles. The van der Waals surface area contributed by atoms with E-state index in [2.05, 4.69) is 20.5 Å². The van der Waals surface area contributed by atoms with E-state index in [1.54, 1.807) is 6.07 Å². The Kier molecular flexibility index (Phi) is 3.25. The highest BCUT2D eigenvalue weighted by atomic mass is 16.3. The minimum Gasteiger partial charge on any atom is -0.460 e. The highest BCUT2D eigenvalue weighted by Gasteiger charge is 2.04. The third-order valence-electron chi connectivity index (χ3n) is 1.91. The largest absolute Gasteiger partial charge is 0.460 e. The van der Waals surface area contributed by atoms with E-state index in [4.69, 9.17) is 4.42 Å². The number of aromatic nitrogens is 2. The van der Waals surface area contributed by atoms with Crippen molar-refractivity contribution in [3.63, 3.8) is 0 Å². The third-order valence-corrected chi connectivity index (χ3v) is 1.91. The number of nitrogens with one attached hydrogen (secondary N) is 1. The Morgan fingerprint density at radius 2 is 2.35 bits per heavy atom. The van der Waals surface area contributed by atoms with Crippen LogP contribution in [-0.2, 0) is 0 Å². The molecular formula is C11H10N4O2. The molecule has 2 aromatic heterocycles. The normalized spacial score (nSPS) is 10.6. The minimum atomic E-state index is -0.419. The van der Waals surface area contributed by atoms with Gasteiger partial charge in [0.2, 0.25) is 0 Å². The molecule has 6 nitrogen and oxygen atoms in total. The highest BCUT2D eigenvalue weighted by molar-refractivity contribution is 5.92. The summed E-state index contributed by atoms with van der Waals surface area (Å²) in [5, 5.41) is 3.75. The summed E-state index contributed by atoms with van der Waals surface area (Å²) in [4.78, 5) is 19.1. The van der Waals surface area contributed by atoms with Crippen molar-refractivity contribution in [2.75, 3.05) is 0 Å². The molecule has 2 heterocycles. The SMILES string of the molecule is Cc1ccc(C=NNC(=O)c2cnccn2)o1. The van der Waals surface area contributed by atoms with Gasteiger partial charge in [0.25, 0.3) is 5.91 Å². The maximum atomic E-state index is 11.5. The molecule has 0 saturated heterocycles. The molecule has 0 radical (unpaired) electrons. The lowest BCUT2D eigenvalue weighted by Crippen LogP contribution is -2.18. The number of carbonyl (C=O) groups is 1. The Balaban J connectivity index is 1.95. The summed E-state index contributed by atoms with van der Waals surface area (Å²) < 4.78 is 5.24. The second-order valence-corrected chi connectivity index (χ2v) is 3.24. The van der Waals surface area contributed by atoms with Crippen molar-refractivity contribution in [1.29, 1.82) is 0 Å². The Bertz CT molecular complexity index is 533. The van der Waals surface area contributed by atoms with Crippen LogP contribution in [0.1, 0.15) is 22.0 Å². The molecule has 1 amide bonds.